The highest BCUT2D eigenvalue weighted by molar-refractivity contribution is 7.89. The maximum Gasteiger partial charge on any atom is 0.273 e. The van der Waals surface area contributed by atoms with Crippen LogP contribution in [0.2, 0.25) is 0 Å². The Balaban J connectivity index is 2.15. The van der Waals surface area contributed by atoms with Gasteiger partial charge in [0.2, 0.25) is 11.3 Å². The van der Waals surface area contributed by atoms with Gasteiger partial charge in [0.15, 0.2) is 12.3 Å². The van der Waals surface area contributed by atoms with Gasteiger partial charge >= 0.3 is 0 Å². The van der Waals surface area contributed by atoms with Crippen LogP contribution in [-0.2, 0) is 16.6 Å². The van der Waals surface area contributed by atoms with Crippen LogP contribution < -0.4 is 4.72 Å². The molecule has 0 amide bonds. The van der Waals surface area contributed by atoms with E-state index in [4.69, 9.17) is 4.42 Å². The van der Waals surface area contributed by atoms with Gasteiger partial charge < -0.3 is 9.62 Å². The van der Waals surface area contributed by atoms with Gasteiger partial charge in [0.25, 0.3) is 10.0 Å². The minimum atomic E-state index is -3.63. The number of hydroxylamine groups is 1. The molecule has 0 saturated carbocycles. The molecule has 1 N–H and O–H groups in total. The molecular weight excluding hydrogens is 280 g/mol. The Bertz CT molecular complexity index is 705. The van der Waals surface area contributed by atoms with E-state index in [0.29, 0.717) is 4.74 Å². The molecule has 7 heteroatoms. The van der Waals surface area contributed by atoms with Crippen molar-refractivity contribution in [3.05, 3.63) is 59.0 Å². The molecule has 0 aliphatic carbocycles. The monoisotopic (exact) mass is 294 g/mol. The van der Waals surface area contributed by atoms with Gasteiger partial charge in [-0.15, -0.1) is 0 Å². The van der Waals surface area contributed by atoms with Crippen molar-refractivity contribution in [3.63, 3.8) is 0 Å². The van der Waals surface area contributed by atoms with Crippen LogP contribution >= 0.6 is 0 Å². The van der Waals surface area contributed by atoms with Crippen molar-refractivity contribution in [2.75, 3.05) is 7.05 Å². The summed E-state index contributed by atoms with van der Waals surface area (Å²) in [6.45, 7) is 0.162. The summed E-state index contributed by atoms with van der Waals surface area (Å²) < 4.78 is 30.9. The third-order valence-electron chi connectivity index (χ3n) is 2.59. The van der Waals surface area contributed by atoms with Crippen molar-refractivity contribution in [3.8, 4) is 0 Å². The molecule has 20 heavy (non-hydrogen) atoms. The minimum absolute atomic E-state index is 0.162. The Morgan fingerprint density at radius 2 is 1.95 bits per heavy atom. The number of rotatable bonds is 5. The predicted octanol–water partition coefficient (Wildman–Crippen LogP) is 1.32. The summed E-state index contributed by atoms with van der Waals surface area (Å²) in [5.74, 6) is 0.185. The number of furan rings is 1. The quantitative estimate of drug-likeness (QED) is 0.390. The van der Waals surface area contributed by atoms with Crippen LogP contribution in [0.4, 0.5) is 0 Å². The summed E-state index contributed by atoms with van der Waals surface area (Å²) in [7, 11) is -2.34. The van der Waals surface area contributed by atoms with Crippen molar-refractivity contribution in [2.24, 2.45) is 0 Å². The fourth-order valence-corrected chi connectivity index (χ4v) is 2.25. The van der Waals surface area contributed by atoms with Gasteiger partial charge in [-0.05, 0) is 19.2 Å². The van der Waals surface area contributed by atoms with Crippen LogP contribution in [0, 0.1) is 5.21 Å². The highest BCUT2D eigenvalue weighted by Gasteiger charge is 2.16. The molecule has 6 nitrogen and oxygen atoms in total. The van der Waals surface area contributed by atoms with Gasteiger partial charge in [-0.1, -0.05) is 30.3 Å². The molecule has 0 saturated heterocycles. The highest BCUT2D eigenvalue weighted by Crippen LogP contribution is 2.12. The highest BCUT2D eigenvalue weighted by atomic mass is 32.2. The molecule has 0 aliphatic heterocycles. The second-order valence-electron chi connectivity index (χ2n) is 4.05. The lowest BCUT2D eigenvalue weighted by atomic mass is 10.2. The van der Waals surface area contributed by atoms with E-state index in [1.54, 1.807) is 0 Å². The van der Waals surface area contributed by atoms with Gasteiger partial charge in [-0.3, -0.25) is 0 Å². The van der Waals surface area contributed by atoms with E-state index in [2.05, 4.69) is 4.72 Å². The van der Waals surface area contributed by atoms with Crippen LogP contribution in [0.3, 0.4) is 0 Å². The lowest BCUT2D eigenvalue weighted by Crippen LogP contribution is -2.17. The van der Waals surface area contributed by atoms with Crippen LogP contribution in [0.5, 0.6) is 0 Å². The summed E-state index contributed by atoms with van der Waals surface area (Å²) in [6, 6.07) is 11.9. The fourth-order valence-electron chi connectivity index (χ4n) is 1.60. The molecule has 0 spiro atoms. The van der Waals surface area contributed by atoms with Gasteiger partial charge in [0, 0.05) is 5.56 Å². The van der Waals surface area contributed by atoms with E-state index in [0.717, 1.165) is 5.56 Å². The minimum Gasteiger partial charge on any atom is -0.623 e. The van der Waals surface area contributed by atoms with E-state index < -0.39 is 10.0 Å². The molecule has 0 aliphatic rings. The zero-order valence-electron chi connectivity index (χ0n) is 10.8. The first kappa shape index (κ1) is 14.3. The zero-order chi connectivity index (χ0) is 14.6. The standard InChI is InChI=1S/C13H14N2O4S/c1-14-20(17,18)13-8-7-12(19-13)10-15(16)9-11-5-3-2-4-6-11/h2-8,10,14H,9H2,1H3. The van der Waals surface area contributed by atoms with E-state index in [1.807, 2.05) is 30.3 Å². The Labute approximate surface area is 117 Å². The molecule has 0 bridgehead atoms. The Hall–Kier alpha value is -2.12. The van der Waals surface area contributed by atoms with E-state index in [9.17, 15) is 13.6 Å². The summed E-state index contributed by atoms with van der Waals surface area (Å²) in [6.07, 6.45) is 1.21. The molecule has 1 aromatic heterocycles. The van der Waals surface area contributed by atoms with Crippen molar-refractivity contribution < 1.29 is 17.6 Å². The summed E-state index contributed by atoms with van der Waals surface area (Å²) in [5, 5.41) is 11.5. The first-order valence-corrected chi connectivity index (χ1v) is 7.35. The Morgan fingerprint density at radius 3 is 2.60 bits per heavy atom. The third-order valence-corrected chi connectivity index (χ3v) is 3.87. The van der Waals surface area contributed by atoms with Crippen molar-refractivity contribution in [1.29, 1.82) is 0 Å². The molecule has 0 radical (unpaired) electrons. The number of sulfonamides is 1. The van der Waals surface area contributed by atoms with Crippen LogP contribution in [0.1, 0.15) is 11.3 Å². The van der Waals surface area contributed by atoms with Gasteiger partial charge in [-0.2, -0.15) is 0 Å². The second kappa shape index (κ2) is 5.89. The average molecular weight is 294 g/mol. The molecule has 0 unspecified atom stereocenters. The number of nitrogens with zero attached hydrogens (tertiary/aromatic N) is 1. The smallest absolute Gasteiger partial charge is 0.273 e. The van der Waals surface area contributed by atoms with E-state index >= 15 is 0 Å². The summed E-state index contributed by atoms with van der Waals surface area (Å²) in [4.78, 5) is 0. The molecule has 0 atom stereocenters. The lowest BCUT2D eigenvalue weighted by molar-refractivity contribution is -0.469. The zero-order valence-corrected chi connectivity index (χ0v) is 11.6. The Kier molecular flexibility index (Phi) is 4.21. The maximum atomic E-state index is 11.7. The molecular formula is C13H14N2O4S. The van der Waals surface area contributed by atoms with E-state index in [-0.39, 0.29) is 17.4 Å². The molecule has 0 fully saturated rings. The van der Waals surface area contributed by atoms with Crippen molar-refractivity contribution >= 4 is 16.2 Å². The second-order valence-corrected chi connectivity index (χ2v) is 5.87. The van der Waals surface area contributed by atoms with Gasteiger partial charge in [0.05, 0.1) is 0 Å². The maximum absolute atomic E-state index is 11.7. The molecule has 1 heterocycles. The van der Waals surface area contributed by atoms with Crippen molar-refractivity contribution in [1.82, 2.24) is 4.72 Å². The average Bonchev–Trinajstić information content (AvgIpc) is 2.89. The first-order chi connectivity index (χ1) is 9.51. The number of nitrogens with one attached hydrogen (secondary N) is 1. The summed E-state index contributed by atoms with van der Waals surface area (Å²) >= 11 is 0. The Morgan fingerprint density at radius 1 is 1.25 bits per heavy atom. The molecule has 2 rings (SSSR count). The van der Waals surface area contributed by atoms with Gasteiger partial charge in [0.1, 0.15) is 0 Å². The number of hydrogen-bond acceptors (Lipinski definition) is 4. The fraction of sp³-hybridized carbons (Fsp3) is 0.154. The van der Waals surface area contributed by atoms with Gasteiger partial charge in [-0.25, -0.2) is 17.9 Å². The van der Waals surface area contributed by atoms with Crippen molar-refractivity contribution in [2.45, 2.75) is 11.6 Å². The van der Waals surface area contributed by atoms with Crippen LogP contribution in [0.15, 0.2) is 52.0 Å². The largest absolute Gasteiger partial charge is 0.623 e. The van der Waals surface area contributed by atoms with E-state index in [1.165, 1.54) is 25.4 Å². The van der Waals surface area contributed by atoms with Crippen LogP contribution in [-0.4, -0.2) is 26.4 Å². The molecule has 2 aromatic rings. The third kappa shape index (κ3) is 3.46. The molecule has 106 valence electrons. The lowest BCUT2D eigenvalue weighted by Gasteiger charge is -2.02. The molecule has 1 aromatic carbocycles. The van der Waals surface area contributed by atoms with Crippen LogP contribution in [0.25, 0.3) is 0 Å². The number of benzene rings is 1. The topological polar surface area (TPSA) is 85.4 Å². The normalized spacial score (nSPS) is 12.6. The number of hydrogen-bond donors (Lipinski definition) is 1. The predicted molar refractivity (Wildman–Crippen MR) is 73.9 cm³/mol. The first-order valence-electron chi connectivity index (χ1n) is 5.87. The SMILES string of the molecule is CNS(=O)(=O)c1ccc(C=[N+]([O-])Cc2ccccc2)o1. The summed E-state index contributed by atoms with van der Waals surface area (Å²) in [5.41, 5.74) is 0.855.